The Morgan fingerprint density at radius 2 is 2.22 bits per heavy atom. The Bertz CT molecular complexity index is 479. The number of primary sulfonamides is 1. The van der Waals surface area contributed by atoms with Gasteiger partial charge in [-0.15, -0.1) is 0 Å². The monoisotopic (exact) mass is 274 g/mol. The van der Waals surface area contributed by atoms with Crippen molar-refractivity contribution in [3.63, 3.8) is 0 Å². The summed E-state index contributed by atoms with van der Waals surface area (Å²) in [5, 5.41) is 7.84. The standard InChI is InChI=1S/C11H18N2O4S/c12-18(14,15)11-4-3-10(17-11)7-13-5-6-16-8-9-1-2-9/h3-4,9,13H,1-2,5-8H2,(H2,12,14,15). The van der Waals surface area contributed by atoms with Crippen LogP contribution in [0.5, 0.6) is 0 Å². The molecule has 0 atom stereocenters. The number of furan rings is 1. The highest BCUT2D eigenvalue weighted by atomic mass is 32.2. The number of nitrogens with two attached hydrogens (primary N) is 1. The first kappa shape index (κ1) is 13.5. The first-order chi connectivity index (χ1) is 8.55. The van der Waals surface area contributed by atoms with Crippen LogP contribution in [0.15, 0.2) is 21.6 Å². The first-order valence-corrected chi connectivity index (χ1v) is 7.50. The Hall–Kier alpha value is -0.890. The average molecular weight is 274 g/mol. The minimum absolute atomic E-state index is 0.204. The maximum Gasteiger partial charge on any atom is 0.271 e. The number of hydrogen-bond donors (Lipinski definition) is 2. The van der Waals surface area contributed by atoms with Crippen molar-refractivity contribution in [3.05, 3.63) is 17.9 Å². The highest BCUT2D eigenvalue weighted by Crippen LogP contribution is 2.28. The molecule has 102 valence electrons. The Balaban J connectivity index is 1.62. The van der Waals surface area contributed by atoms with Gasteiger partial charge < -0.3 is 14.5 Å². The molecule has 7 heteroatoms. The Morgan fingerprint density at radius 3 is 2.83 bits per heavy atom. The molecule has 18 heavy (non-hydrogen) atoms. The fourth-order valence-electron chi connectivity index (χ4n) is 1.50. The largest absolute Gasteiger partial charge is 0.447 e. The predicted molar refractivity (Wildman–Crippen MR) is 65.3 cm³/mol. The maximum atomic E-state index is 11.0. The van der Waals surface area contributed by atoms with E-state index in [1.165, 1.54) is 18.9 Å². The van der Waals surface area contributed by atoms with Gasteiger partial charge in [-0.25, -0.2) is 13.6 Å². The van der Waals surface area contributed by atoms with Crippen molar-refractivity contribution in [2.75, 3.05) is 19.8 Å². The molecular formula is C11H18N2O4S. The molecule has 2 rings (SSSR count). The fraction of sp³-hybridized carbons (Fsp3) is 0.636. The summed E-state index contributed by atoms with van der Waals surface area (Å²) < 4.78 is 32.5. The van der Waals surface area contributed by atoms with E-state index in [4.69, 9.17) is 14.3 Å². The maximum absolute atomic E-state index is 11.0. The lowest BCUT2D eigenvalue weighted by molar-refractivity contribution is 0.125. The molecule has 0 bridgehead atoms. The number of ether oxygens (including phenoxy) is 1. The van der Waals surface area contributed by atoms with Gasteiger partial charge in [0.15, 0.2) is 0 Å². The lowest BCUT2D eigenvalue weighted by Crippen LogP contribution is -2.19. The topological polar surface area (TPSA) is 94.6 Å². The van der Waals surface area contributed by atoms with Gasteiger partial charge in [0.05, 0.1) is 13.2 Å². The van der Waals surface area contributed by atoms with Crippen molar-refractivity contribution >= 4 is 10.0 Å². The average Bonchev–Trinajstić information content (AvgIpc) is 2.98. The third-order valence-corrected chi connectivity index (χ3v) is 3.47. The minimum atomic E-state index is -3.74. The van der Waals surface area contributed by atoms with E-state index < -0.39 is 10.0 Å². The highest BCUT2D eigenvalue weighted by molar-refractivity contribution is 7.89. The third kappa shape index (κ3) is 4.41. The summed E-state index contributed by atoms with van der Waals surface area (Å²) in [5.74, 6) is 1.31. The summed E-state index contributed by atoms with van der Waals surface area (Å²) in [4.78, 5) is 0. The van der Waals surface area contributed by atoms with Crippen molar-refractivity contribution in [1.29, 1.82) is 0 Å². The van der Waals surface area contributed by atoms with E-state index in [0.29, 0.717) is 25.5 Å². The van der Waals surface area contributed by atoms with Crippen molar-refractivity contribution in [2.45, 2.75) is 24.5 Å². The van der Waals surface area contributed by atoms with Crippen LogP contribution in [0.1, 0.15) is 18.6 Å². The van der Waals surface area contributed by atoms with Gasteiger partial charge in [-0.1, -0.05) is 0 Å². The van der Waals surface area contributed by atoms with Crippen LogP contribution in [0, 0.1) is 5.92 Å². The fourth-order valence-corrected chi connectivity index (χ4v) is 1.98. The van der Waals surface area contributed by atoms with E-state index in [1.54, 1.807) is 6.07 Å². The van der Waals surface area contributed by atoms with Crippen LogP contribution >= 0.6 is 0 Å². The van der Waals surface area contributed by atoms with Crippen molar-refractivity contribution < 1.29 is 17.6 Å². The molecule has 1 fully saturated rings. The Kier molecular flexibility index (Phi) is 4.39. The molecule has 1 aliphatic rings. The summed E-state index contributed by atoms with van der Waals surface area (Å²) >= 11 is 0. The van der Waals surface area contributed by atoms with Gasteiger partial charge in [0.25, 0.3) is 10.0 Å². The lowest BCUT2D eigenvalue weighted by Gasteiger charge is -2.04. The van der Waals surface area contributed by atoms with E-state index in [1.807, 2.05) is 0 Å². The van der Waals surface area contributed by atoms with Gasteiger partial charge in [0.1, 0.15) is 5.76 Å². The molecule has 0 saturated heterocycles. The number of rotatable bonds is 8. The second kappa shape index (κ2) is 5.83. The van der Waals surface area contributed by atoms with Crippen LogP contribution in [-0.2, 0) is 21.3 Å². The summed E-state index contributed by atoms with van der Waals surface area (Å²) in [6, 6.07) is 2.95. The van der Waals surface area contributed by atoms with Crippen LogP contribution in [0.2, 0.25) is 0 Å². The smallest absolute Gasteiger partial charge is 0.271 e. The summed E-state index contributed by atoms with van der Waals surface area (Å²) in [6.45, 7) is 2.66. The van der Waals surface area contributed by atoms with Crippen molar-refractivity contribution in [3.8, 4) is 0 Å². The van der Waals surface area contributed by atoms with Crippen LogP contribution in [0.25, 0.3) is 0 Å². The zero-order valence-electron chi connectivity index (χ0n) is 10.1. The normalized spacial score (nSPS) is 16.1. The van der Waals surface area contributed by atoms with E-state index in [-0.39, 0.29) is 5.09 Å². The van der Waals surface area contributed by atoms with E-state index in [2.05, 4.69) is 5.32 Å². The molecule has 1 aromatic rings. The molecule has 0 spiro atoms. The van der Waals surface area contributed by atoms with Crippen LogP contribution in [0.4, 0.5) is 0 Å². The lowest BCUT2D eigenvalue weighted by atomic mass is 10.4. The van der Waals surface area contributed by atoms with E-state index in [9.17, 15) is 8.42 Å². The Morgan fingerprint density at radius 1 is 1.44 bits per heavy atom. The molecular weight excluding hydrogens is 256 g/mol. The van der Waals surface area contributed by atoms with Crippen LogP contribution < -0.4 is 10.5 Å². The SMILES string of the molecule is NS(=O)(=O)c1ccc(CNCCOCC2CC2)o1. The molecule has 1 aliphatic carbocycles. The molecule has 1 aromatic heterocycles. The molecule has 3 N–H and O–H groups in total. The highest BCUT2D eigenvalue weighted by Gasteiger charge is 2.20. The zero-order chi connectivity index (χ0) is 13.0. The summed E-state index contributed by atoms with van der Waals surface area (Å²) in [6.07, 6.45) is 2.58. The molecule has 0 aromatic carbocycles. The molecule has 0 radical (unpaired) electrons. The summed E-state index contributed by atoms with van der Waals surface area (Å²) in [5.41, 5.74) is 0. The zero-order valence-corrected chi connectivity index (χ0v) is 10.9. The molecule has 0 unspecified atom stereocenters. The van der Waals surface area contributed by atoms with Crippen LogP contribution in [-0.4, -0.2) is 28.2 Å². The minimum Gasteiger partial charge on any atom is -0.447 e. The molecule has 6 nitrogen and oxygen atoms in total. The van der Waals surface area contributed by atoms with Crippen LogP contribution in [0.3, 0.4) is 0 Å². The molecule has 1 saturated carbocycles. The molecule has 1 heterocycles. The predicted octanol–water partition coefficient (Wildman–Crippen LogP) is 0.443. The number of sulfonamides is 1. The number of nitrogens with one attached hydrogen (secondary N) is 1. The van der Waals surface area contributed by atoms with E-state index >= 15 is 0 Å². The van der Waals surface area contributed by atoms with Gasteiger partial charge in [-0.2, -0.15) is 0 Å². The van der Waals surface area contributed by atoms with Crippen molar-refractivity contribution in [1.82, 2.24) is 5.32 Å². The van der Waals surface area contributed by atoms with Gasteiger partial charge in [-0.3, -0.25) is 0 Å². The van der Waals surface area contributed by atoms with E-state index in [0.717, 1.165) is 12.5 Å². The quantitative estimate of drug-likeness (QED) is 0.671. The Labute approximate surface area is 107 Å². The summed E-state index contributed by atoms with van der Waals surface area (Å²) in [7, 11) is -3.74. The van der Waals surface area contributed by atoms with Gasteiger partial charge in [0.2, 0.25) is 5.09 Å². The second-order valence-corrected chi connectivity index (χ2v) is 5.95. The second-order valence-electron chi connectivity index (χ2n) is 4.46. The van der Waals surface area contributed by atoms with Gasteiger partial charge in [0, 0.05) is 13.2 Å². The number of hydrogen-bond acceptors (Lipinski definition) is 5. The molecule has 0 amide bonds. The van der Waals surface area contributed by atoms with Gasteiger partial charge >= 0.3 is 0 Å². The van der Waals surface area contributed by atoms with Gasteiger partial charge in [-0.05, 0) is 30.9 Å². The van der Waals surface area contributed by atoms with Crippen molar-refractivity contribution in [2.24, 2.45) is 11.1 Å². The first-order valence-electron chi connectivity index (χ1n) is 5.95. The third-order valence-electron chi connectivity index (χ3n) is 2.69. The molecule has 0 aliphatic heterocycles.